The van der Waals surface area contributed by atoms with Crippen LogP contribution in [0.4, 0.5) is 0 Å². The molecule has 0 radical (unpaired) electrons. The fourth-order valence-electron chi connectivity index (χ4n) is 2.78. The van der Waals surface area contributed by atoms with Crippen molar-refractivity contribution in [2.24, 2.45) is 0 Å². The molecule has 1 amide bonds. The first-order valence-corrected chi connectivity index (χ1v) is 8.60. The van der Waals surface area contributed by atoms with Gasteiger partial charge in [0.15, 0.2) is 18.1 Å². The topological polar surface area (TPSA) is 92.3 Å². The smallest absolute Gasteiger partial charge is 0.338 e. The van der Waals surface area contributed by atoms with Crippen LogP contribution in [0.15, 0.2) is 36.4 Å². The Hall–Kier alpha value is -3.42. The zero-order chi connectivity index (χ0) is 20.1. The third kappa shape index (κ3) is 4.28. The summed E-state index contributed by atoms with van der Waals surface area (Å²) in [4.78, 5) is 24.4. The van der Waals surface area contributed by atoms with Gasteiger partial charge >= 0.3 is 5.97 Å². The van der Waals surface area contributed by atoms with Crippen LogP contribution in [0.3, 0.4) is 0 Å². The van der Waals surface area contributed by atoms with E-state index < -0.39 is 18.5 Å². The summed E-state index contributed by atoms with van der Waals surface area (Å²) in [6, 6.07) is 9.63. The predicted molar refractivity (Wildman–Crippen MR) is 99.0 cm³/mol. The normalized spacial score (nSPS) is 12.8. The number of carbonyl (C=O) groups excluding carboxylic acids is 2. The van der Waals surface area contributed by atoms with Gasteiger partial charge in [0.25, 0.3) is 5.91 Å². The van der Waals surface area contributed by atoms with Crippen molar-refractivity contribution >= 4 is 11.9 Å². The number of carbonyl (C=O) groups is 2. The molecular weight excluding hydrogens is 366 g/mol. The van der Waals surface area contributed by atoms with E-state index in [1.165, 1.54) is 6.07 Å². The lowest BCUT2D eigenvalue weighted by molar-refractivity contribution is -0.124. The third-order valence-corrected chi connectivity index (χ3v) is 4.22. The average Bonchev–Trinajstić information content (AvgIpc) is 3.19. The van der Waals surface area contributed by atoms with Crippen LogP contribution >= 0.6 is 0 Å². The van der Waals surface area contributed by atoms with E-state index in [2.05, 4.69) is 5.32 Å². The first kappa shape index (κ1) is 19.3. The Morgan fingerprint density at radius 2 is 1.86 bits per heavy atom. The Balaban J connectivity index is 1.57. The van der Waals surface area contributed by atoms with Gasteiger partial charge in [-0.25, -0.2) is 4.79 Å². The molecule has 0 fully saturated rings. The Morgan fingerprint density at radius 1 is 1.07 bits per heavy atom. The Labute approximate surface area is 162 Å². The van der Waals surface area contributed by atoms with E-state index in [1.54, 1.807) is 51.5 Å². The van der Waals surface area contributed by atoms with E-state index in [-0.39, 0.29) is 18.4 Å². The molecule has 1 aliphatic heterocycles. The highest BCUT2D eigenvalue weighted by atomic mass is 16.7. The van der Waals surface area contributed by atoms with Gasteiger partial charge in [0, 0.05) is 5.56 Å². The van der Waals surface area contributed by atoms with Crippen LogP contribution in [0.5, 0.6) is 23.0 Å². The summed E-state index contributed by atoms with van der Waals surface area (Å²) in [5.41, 5.74) is 1.02. The fraction of sp³-hybridized carbons (Fsp3) is 0.300. The van der Waals surface area contributed by atoms with Gasteiger partial charge in [-0.1, -0.05) is 0 Å². The summed E-state index contributed by atoms with van der Waals surface area (Å²) in [7, 11) is 3.11. The first-order chi connectivity index (χ1) is 13.5. The second-order valence-corrected chi connectivity index (χ2v) is 6.04. The molecule has 8 heteroatoms. The van der Waals surface area contributed by atoms with Gasteiger partial charge in [-0.05, 0) is 43.3 Å². The van der Waals surface area contributed by atoms with Crippen LogP contribution in [-0.2, 0) is 9.53 Å². The summed E-state index contributed by atoms with van der Waals surface area (Å²) in [6.07, 6.45) is 0. The molecule has 0 aliphatic carbocycles. The van der Waals surface area contributed by atoms with Crippen LogP contribution in [0.2, 0.25) is 0 Å². The van der Waals surface area contributed by atoms with E-state index >= 15 is 0 Å². The zero-order valence-electron chi connectivity index (χ0n) is 15.8. The summed E-state index contributed by atoms with van der Waals surface area (Å²) in [5, 5.41) is 2.77. The lowest BCUT2D eigenvalue weighted by Gasteiger charge is -2.18. The summed E-state index contributed by atoms with van der Waals surface area (Å²) in [6.45, 7) is 1.50. The highest BCUT2D eigenvalue weighted by molar-refractivity contribution is 5.92. The lowest BCUT2D eigenvalue weighted by Crippen LogP contribution is -2.31. The molecule has 0 aromatic heterocycles. The monoisotopic (exact) mass is 387 g/mol. The second kappa shape index (κ2) is 8.51. The van der Waals surface area contributed by atoms with Crippen LogP contribution in [0.25, 0.3) is 0 Å². The number of nitrogens with one attached hydrogen (secondary N) is 1. The van der Waals surface area contributed by atoms with Crippen LogP contribution in [0.1, 0.15) is 28.9 Å². The maximum absolute atomic E-state index is 12.2. The van der Waals surface area contributed by atoms with Gasteiger partial charge < -0.3 is 29.0 Å². The third-order valence-electron chi connectivity index (χ3n) is 4.22. The average molecular weight is 387 g/mol. The number of hydrogen-bond donors (Lipinski definition) is 1. The Morgan fingerprint density at radius 3 is 2.61 bits per heavy atom. The highest BCUT2D eigenvalue weighted by Gasteiger charge is 2.19. The SMILES string of the molecule is COc1ccc(OC)c([C@H](C)NC(=O)COC(=O)c2ccc3c(c2)OCO3)c1. The number of rotatable bonds is 7. The number of benzene rings is 2. The molecule has 0 saturated carbocycles. The molecule has 3 rings (SSSR count). The molecule has 1 heterocycles. The molecule has 2 aromatic rings. The van der Waals surface area contributed by atoms with E-state index in [0.29, 0.717) is 23.0 Å². The Kier molecular flexibility index (Phi) is 5.88. The molecule has 2 aromatic carbocycles. The van der Waals surface area contributed by atoms with Gasteiger partial charge in [0.2, 0.25) is 6.79 Å². The van der Waals surface area contributed by atoms with Gasteiger partial charge in [0.05, 0.1) is 25.8 Å². The van der Waals surface area contributed by atoms with Gasteiger partial charge in [-0.15, -0.1) is 0 Å². The molecular formula is C20H21NO7. The quantitative estimate of drug-likeness (QED) is 0.730. The number of amides is 1. The minimum atomic E-state index is -0.625. The number of methoxy groups -OCH3 is 2. The van der Waals surface area contributed by atoms with Crippen LogP contribution in [0, 0.1) is 0 Å². The van der Waals surface area contributed by atoms with E-state index in [0.717, 1.165) is 5.56 Å². The van der Waals surface area contributed by atoms with Crippen molar-refractivity contribution in [3.05, 3.63) is 47.5 Å². The number of ether oxygens (including phenoxy) is 5. The molecule has 8 nitrogen and oxygen atoms in total. The zero-order valence-corrected chi connectivity index (χ0v) is 15.8. The summed E-state index contributed by atoms with van der Waals surface area (Å²) >= 11 is 0. The molecule has 28 heavy (non-hydrogen) atoms. The van der Waals surface area contributed by atoms with Crippen LogP contribution < -0.4 is 24.3 Å². The second-order valence-electron chi connectivity index (χ2n) is 6.04. The largest absolute Gasteiger partial charge is 0.497 e. The lowest BCUT2D eigenvalue weighted by atomic mass is 10.1. The van der Waals surface area contributed by atoms with Gasteiger partial charge in [0.1, 0.15) is 11.5 Å². The van der Waals surface area contributed by atoms with Crippen molar-refractivity contribution in [2.45, 2.75) is 13.0 Å². The standard InChI is InChI=1S/C20H21NO7/c1-12(15-9-14(24-2)5-7-16(15)25-3)21-19(22)10-26-20(23)13-4-6-17-18(8-13)28-11-27-17/h4-9,12H,10-11H2,1-3H3,(H,21,22)/t12-/m0/s1. The van der Waals surface area contributed by atoms with Crippen molar-refractivity contribution in [1.29, 1.82) is 0 Å². The van der Waals surface area contributed by atoms with Crippen LogP contribution in [-0.4, -0.2) is 39.5 Å². The van der Waals surface area contributed by atoms with Crippen molar-refractivity contribution < 1.29 is 33.3 Å². The maximum atomic E-state index is 12.2. The highest BCUT2D eigenvalue weighted by Crippen LogP contribution is 2.32. The molecule has 1 aliphatic rings. The van der Waals surface area contributed by atoms with E-state index in [1.807, 2.05) is 0 Å². The summed E-state index contributed by atoms with van der Waals surface area (Å²) < 4.78 is 26.0. The first-order valence-electron chi connectivity index (χ1n) is 8.60. The van der Waals surface area contributed by atoms with Crippen molar-refractivity contribution in [1.82, 2.24) is 5.32 Å². The maximum Gasteiger partial charge on any atom is 0.338 e. The molecule has 1 atom stereocenters. The summed E-state index contributed by atoms with van der Waals surface area (Å²) in [5.74, 6) is 1.23. The molecule has 0 unspecified atom stereocenters. The molecule has 0 saturated heterocycles. The molecule has 1 N–H and O–H groups in total. The van der Waals surface area contributed by atoms with Crippen molar-refractivity contribution in [3.8, 4) is 23.0 Å². The van der Waals surface area contributed by atoms with Gasteiger partial charge in [-0.3, -0.25) is 4.79 Å². The van der Waals surface area contributed by atoms with E-state index in [4.69, 9.17) is 23.7 Å². The predicted octanol–water partition coefficient (Wildman–Crippen LogP) is 2.47. The molecule has 0 bridgehead atoms. The Bertz CT molecular complexity index is 881. The van der Waals surface area contributed by atoms with Crippen molar-refractivity contribution in [2.75, 3.05) is 27.6 Å². The minimum Gasteiger partial charge on any atom is -0.497 e. The molecule has 0 spiro atoms. The number of fused-ring (bicyclic) bond motifs is 1. The van der Waals surface area contributed by atoms with E-state index in [9.17, 15) is 9.59 Å². The number of esters is 1. The number of hydrogen-bond acceptors (Lipinski definition) is 7. The fourth-order valence-corrected chi connectivity index (χ4v) is 2.78. The molecule has 148 valence electrons. The van der Waals surface area contributed by atoms with Gasteiger partial charge in [-0.2, -0.15) is 0 Å². The minimum absolute atomic E-state index is 0.113. The van der Waals surface area contributed by atoms with Crippen molar-refractivity contribution in [3.63, 3.8) is 0 Å².